The number of carbonyl (C=O) groups is 1. The third-order valence-electron chi connectivity index (χ3n) is 4.85. The standard InChI is InChI=1S/C19H23FO3/c1-12-9-18(17(20)10-14(12)7-8-19(21)22)23-11-15-3-2-4-16(15)13-5-6-13/h9-10,13H,2-8,11H2,1H3,(H,21,22). The van der Waals surface area contributed by atoms with Crippen molar-refractivity contribution in [1.29, 1.82) is 0 Å². The molecule has 2 aliphatic carbocycles. The highest BCUT2D eigenvalue weighted by Gasteiger charge is 2.30. The van der Waals surface area contributed by atoms with Crippen molar-refractivity contribution in [3.8, 4) is 5.75 Å². The summed E-state index contributed by atoms with van der Waals surface area (Å²) in [6.07, 6.45) is 6.39. The monoisotopic (exact) mass is 318 g/mol. The van der Waals surface area contributed by atoms with E-state index in [4.69, 9.17) is 9.84 Å². The van der Waals surface area contributed by atoms with Gasteiger partial charge >= 0.3 is 5.97 Å². The predicted molar refractivity (Wildman–Crippen MR) is 86.2 cm³/mol. The largest absolute Gasteiger partial charge is 0.486 e. The number of benzene rings is 1. The van der Waals surface area contributed by atoms with Crippen LogP contribution in [0.1, 0.15) is 49.7 Å². The molecule has 1 N–H and O–H groups in total. The maximum atomic E-state index is 14.2. The summed E-state index contributed by atoms with van der Waals surface area (Å²) in [6.45, 7) is 2.35. The van der Waals surface area contributed by atoms with Crippen LogP contribution in [-0.2, 0) is 11.2 Å². The molecule has 1 aromatic rings. The lowest BCUT2D eigenvalue weighted by Crippen LogP contribution is -2.05. The molecule has 124 valence electrons. The van der Waals surface area contributed by atoms with Gasteiger partial charge in [-0.1, -0.05) is 5.57 Å². The molecule has 23 heavy (non-hydrogen) atoms. The van der Waals surface area contributed by atoms with E-state index in [0.29, 0.717) is 13.0 Å². The summed E-state index contributed by atoms with van der Waals surface area (Å²) < 4.78 is 19.9. The second-order valence-corrected chi connectivity index (χ2v) is 6.65. The zero-order valence-corrected chi connectivity index (χ0v) is 13.5. The molecule has 1 saturated carbocycles. The molecule has 0 aliphatic heterocycles. The number of aliphatic carboxylic acids is 1. The highest BCUT2D eigenvalue weighted by molar-refractivity contribution is 5.67. The molecular weight excluding hydrogens is 295 g/mol. The molecule has 3 nitrogen and oxygen atoms in total. The fraction of sp³-hybridized carbons (Fsp3) is 0.526. The maximum absolute atomic E-state index is 14.2. The van der Waals surface area contributed by atoms with E-state index in [1.807, 2.05) is 6.92 Å². The SMILES string of the molecule is Cc1cc(OCC2=C(C3CC3)CCC2)c(F)cc1CCC(=O)O. The number of halogens is 1. The molecule has 1 aromatic carbocycles. The number of rotatable bonds is 7. The molecule has 0 amide bonds. The molecule has 0 radical (unpaired) electrons. The Morgan fingerprint density at radius 2 is 2.13 bits per heavy atom. The van der Waals surface area contributed by atoms with Crippen LogP contribution in [0.15, 0.2) is 23.3 Å². The van der Waals surface area contributed by atoms with Crippen LogP contribution in [0.25, 0.3) is 0 Å². The minimum absolute atomic E-state index is 0.0120. The van der Waals surface area contributed by atoms with Crippen molar-refractivity contribution in [2.75, 3.05) is 6.61 Å². The van der Waals surface area contributed by atoms with E-state index >= 15 is 0 Å². The average molecular weight is 318 g/mol. The molecule has 1 fully saturated rings. The second kappa shape index (κ2) is 6.73. The summed E-state index contributed by atoms with van der Waals surface area (Å²) in [6, 6.07) is 3.11. The van der Waals surface area contributed by atoms with Crippen molar-refractivity contribution in [3.05, 3.63) is 40.2 Å². The van der Waals surface area contributed by atoms with E-state index in [9.17, 15) is 9.18 Å². The van der Waals surface area contributed by atoms with Crippen molar-refractivity contribution in [2.24, 2.45) is 5.92 Å². The first-order chi connectivity index (χ1) is 11.0. The van der Waals surface area contributed by atoms with E-state index in [0.717, 1.165) is 23.5 Å². The van der Waals surface area contributed by atoms with Crippen molar-refractivity contribution < 1.29 is 19.0 Å². The zero-order valence-electron chi connectivity index (χ0n) is 13.5. The fourth-order valence-electron chi connectivity index (χ4n) is 3.40. The Morgan fingerprint density at radius 1 is 1.35 bits per heavy atom. The second-order valence-electron chi connectivity index (χ2n) is 6.65. The van der Waals surface area contributed by atoms with Gasteiger partial charge < -0.3 is 9.84 Å². The van der Waals surface area contributed by atoms with Gasteiger partial charge in [-0.05, 0) is 80.2 Å². The maximum Gasteiger partial charge on any atom is 0.303 e. The third kappa shape index (κ3) is 3.92. The number of aryl methyl sites for hydroxylation is 2. The summed E-state index contributed by atoms with van der Waals surface area (Å²) in [4.78, 5) is 10.7. The lowest BCUT2D eigenvalue weighted by Gasteiger charge is -2.13. The molecule has 0 saturated heterocycles. The van der Waals surface area contributed by atoms with Crippen molar-refractivity contribution in [3.63, 3.8) is 0 Å². The minimum Gasteiger partial charge on any atom is -0.486 e. The Morgan fingerprint density at radius 3 is 2.83 bits per heavy atom. The molecule has 0 bridgehead atoms. The summed E-state index contributed by atoms with van der Waals surface area (Å²) in [7, 11) is 0. The van der Waals surface area contributed by atoms with Gasteiger partial charge in [-0.15, -0.1) is 0 Å². The van der Waals surface area contributed by atoms with Gasteiger partial charge in [0.25, 0.3) is 0 Å². The van der Waals surface area contributed by atoms with E-state index < -0.39 is 11.8 Å². The van der Waals surface area contributed by atoms with Crippen LogP contribution in [-0.4, -0.2) is 17.7 Å². The first-order valence-electron chi connectivity index (χ1n) is 8.39. The molecule has 0 atom stereocenters. The Hall–Kier alpha value is -1.84. The van der Waals surface area contributed by atoms with Crippen LogP contribution in [0.5, 0.6) is 5.75 Å². The molecule has 0 aromatic heterocycles. The van der Waals surface area contributed by atoms with Crippen molar-refractivity contribution in [1.82, 2.24) is 0 Å². The fourth-order valence-corrected chi connectivity index (χ4v) is 3.40. The normalized spacial score (nSPS) is 17.7. The van der Waals surface area contributed by atoms with Crippen LogP contribution in [0, 0.1) is 18.7 Å². The van der Waals surface area contributed by atoms with Gasteiger partial charge in [0, 0.05) is 6.42 Å². The first kappa shape index (κ1) is 16.0. The zero-order chi connectivity index (χ0) is 16.4. The Bertz CT molecular complexity index is 644. The number of carboxylic acids is 1. The number of hydrogen-bond acceptors (Lipinski definition) is 2. The van der Waals surface area contributed by atoms with Gasteiger partial charge in [0.05, 0.1) is 0 Å². The Labute approximate surface area is 136 Å². The molecule has 4 heteroatoms. The van der Waals surface area contributed by atoms with Gasteiger partial charge in [-0.25, -0.2) is 4.39 Å². The van der Waals surface area contributed by atoms with Crippen LogP contribution < -0.4 is 4.74 Å². The summed E-state index contributed by atoms with van der Waals surface area (Å²) in [5.74, 6) is -0.231. The van der Waals surface area contributed by atoms with Crippen molar-refractivity contribution in [2.45, 2.75) is 51.9 Å². The highest BCUT2D eigenvalue weighted by Crippen LogP contribution is 2.44. The predicted octanol–water partition coefficient (Wildman–Crippen LogP) is 4.42. The highest BCUT2D eigenvalue weighted by atomic mass is 19.1. The molecule has 0 unspecified atom stereocenters. The Kier molecular flexibility index (Phi) is 4.69. The molecule has 3 rings (SSSR count). The lowest BCUT2D eigenvalue weighted by molar-refractivity contribution is -0.136. The van der Waals surface area contributed by atoms with Crippen LogP contribution in [0.4, 0.5) is 4.39 Å². The van der Waals surface area contributed by atoms with Crippen LogP contribution in [0.3, 0.4) is 0 Å². The summed E-state index contributed by atoms with van der Waals surface area (Å²) in [5.41, 5.74) is 4.53. The topological polar surface area (TPSA) is 46.5 Å². The summed E-state index contributed by atoms with van der Waals surface area (Å²) in [5, 5.41) is 8.75. The number of hydrogen-bond donors (Lipinski definition) is 1. The van der Waals surface area contributed by atoms with E-state index in [2.05, 4.69) is 0 Å². The van der Waals surface area contributed by atoms with E-state index in [-0.39, 0.29) is 12.2 Å². The average Bonchev–Trinajstić information content (AvgIpc) is 3.25. The van der Waals surface area contributed by atoms with Gasteiger partial charge in [-0.2, -0.15) is 0 Å². The van der Waals surface area contributed by atoms with E-state index in [1.54, 1.807) is 11.6 Å². The minimum atomic E-state index is -0.870. The van der Waals surface area contributed by atoms with Crippen LogP contribution in [0.2, 0.25) is 0 Å². The molecule has 0 heterocycles. The van der Waals surface area contributed by atoms with E-state index in [1.165, 1.54) is 37.3 Å². The summed E-state index contributed by atoms with van der Waals surface area (Å²) >= 11 is 0. The lowest BCUT2D eigenvalue weighted by atomic mass is 10.0. The molecule has 0 spiro atoms. The number of allylic oxidation sites excluding steroid dienone is 1. The Balaban J connectivity index is 1.67. The van der Waals surface area contributed by atoms with Gasteiger partial charge in [-0.3, -0.25) is 4.79 Å². The smallest absolute Gasteiger partial charge is 0.303 e. The van der Waals surface area contributed by atoms with Crippen molar-refractivity contribution >= 4 is 5.97 Å². The van der Waals surface area contributed by atoms with Gasteiger partial charge in [0.2, 0.25) is 0 Å². The van der Waals surface area contributed by atoms with Gasteiger partial charge in [0.15, 0.2) is 11.6 Å². The first-order valence-corrected chi connectivity index (χ1v) is 8.39. The molecule has 2 aliphatic rings. The van der Waals surface area contributed by atoms with Gasteiger partial charge in [0.1, 0.15) is 6.61 Å². The third-order valence-corrected chi connectivity index (χ3v) is 4.85. The number of carboxylic acid groups (broad SMARTS) is 1. The number of ether oxygens (including phenoxy) is 1. The quantitative estimate of drug-likeness (QED) is 0.757. The van der Waals surface area contributed by atoms with Crippen LogP contribution >= 0.6 is 0 Å². The molecular formula is C19H23FO3.